The zero-order chi connectivity index (χ0) is 20.7. The summed E-state index contributed by atoms with van der Waals surface area (Å²) in [7, 11) is -3.46. The van der Waals surface area contributed by atoms with Gasteiger partial charge < -0.3 is 5.32 Å². The normalized spacial score (nSPS) is 19.9. The minimum atomic E-state index is -3.46. The first-order valence-electron chi connectivity index (χ1n) is 10.6. The Morgan fingerprint density at radius 3 is 2.38 bits per heavy atom. The van der Waals surface area contributed by atoms with Crippen LogP contribution in [0.25, 0.3) is 0 Å². The zero-order valence-corrected chi connectivity index (χ0v) is 18.4. The van der Waals surface area contributed by atoms with Crippen LogP contribution in [0.2, 0.25) is 0 Å². The lowest BCUT2D eigenvalue weighted by atomic mass is 9.97. The van der Waals surface area contributed by atoms with E-state index in [0.717, 1.165) is 11.0 Å². The van der Waals surface area contributed by atoms with Crippen LogP contribution in [-0.4, -0.2) is 49.3 Å². The largest absolute Gasteiger partial charge is 0.355 e. The number of piperidine rings is 1. The summed E-state index contributed by atoms with van der Waals surface area (Å²) in [5, 5.41) is 3.77. The summed E-state index contributed by atoms with van der Waals surface area (Å²) in [6.07, 6.45) is 7.69. The first kappa shape index (κ1) is 22.6. The highest BCUT2D eigenvalue weighted by Crippen LogP contribution is 2.28. The highest BCUT2D eigenvalue weighted by molar-refractivity contribution is 7.99. The molecule has 29 heavy (non-hydrogen) atoms. The van der Waals surface area contributed by atoms with Crippen LogP contribution in [0, 0.1) is 11.7 Å². The molecule has 1 saturated carbocycles. The van der Waals surface area contributed by atoms with Crippen molar-refractivity contribution >= 4 is 27.7 Å². The Morgan fingerprint density at radius 1 is 1.07 bits per heavy atom. The maximum Gasteiger partial charge on any atom is 0.223 e. The number of nitrogens with zero attached hydrogens (tertiary/aromatic N) is 1. The van der Waals surface area contributed by atoms with Crippen molar-refractivity contribution in [3.05, 3.63) is 35.6 Å². The molecule has 1 aliphatic heterocycles. The second-order valence-corrected chi connectivity index (χ2v) is 11.4. The van der Waals surface area contributed by atoms with Crippen molar-refractivity contribution in [1.82, 2.24) is 9.62 Å². The predicted octanol–water partition coefficient (Wildman–Crippen LogP) is 3.55. The van der Waals surface area contributed by atoms with E-state index >= 15 is 0 Å². The van der Waals surface area contributed by atoms with Crippen LogP contribution in [0.3, 0.4) is 0 Å². The van der Waals surface area contributed by atoms with Gasteiger partial charge in [-0.2, -0.15) is 11.8 Å². The fourth-order valence-electron chi connectivity index (χ4n) is 4.05. The fourth-order valence-corrected chi connectivity index (χ4v) is 6.84. The monoisotopic (exact) mass is 442 g/mol. The lowest BCUT2D eigenvalue weighted by Crippen LogP contribution is -2.43. The number of nitrogens with one attached hydrogen (secondary N) is 1. The first-order chi connectivity index (χ1) is 13.9. The first-order valence-corrected chi connectivity index (χ1v) is 13.2. The molecule has 2 fully saturated rings. The van der Waals surface area contributed by atoms with Gasteiger partial charge in [0.25, 0.3) is 0 Å². The molecule has 1 aliphatic carbocycles. The molecule has 1 heterocycles. The van der Waals surface area contributed by atoms with Gasteiger partial charge in [-0.05, 0) is 43.4 Å². The third kappa shape index (κ3) is 6.96. The minimum absolute atomic E-state index is 0.0461. The molecule has 162 valence electrons. The van der Waals surface area contributed by atoms with Crippen LogP contribution < -0.4 is 5.32 Å². The van der Waals surface area contributed by atoms with Crippen molar-refractivity contribution in [2.75, 3.05) is 25.4 Å². The van der Waals surface area contributed by atoms with E-state index in [9.17, 15) is 17.6 Å². The molecule has 1 saturated heterocycles. The molecule has 1 amide bonds. The summed E-state index contributed by atoms with van der Waals surface area (Å²) in [5.41, 5.74) is 0.571. The van der Waals surface area contributed by atoms with Gasteiger partial charge in [0, 0.05) is 36.6 Å². The molecule has 3 rings (SSSR count). The smallest absolute Gasteiger partial charge is 0.223 e. The molecule has 5 nitrogen and oxygen atoms in total. The molecule has 8 heteroatoms. The van der Waals surface area contributed by atoms with Crippen LogP contribution in [0.15, 0.2) is 24.3 Å². The Morgan fingerprint density at radius 2 is 1.72 bits per heavy atom. The van der Waals surface area contributed by atoms with Crippen molar-refractivity contribution in [2.45, 2.75) is 55.9 Å². The summed E-state index contributed by atoms with van der Waals surface area (Å²) < 4.78 is 39.7. The molecular formula is C21H31FN2O3S2. The van der Waals surface area contributed by atoms with Gasteiger partial charge in [0.1, 0.15) is 5.82 Å². The van der Waals surface area contributed by atoms with Gasteiger partial charge in [-0.3, -0.25) is 4.79 Å². The Balaban J connectivity index is 1.37. The van der Waals surface area contributed by atoms with E-state index in [2.05, 4.69) is 5.32 Å². The molecule has 0 unspecified atom stereocenters. The Labute approximate surface area is 177 Å². The third-order valence-corrected chi connectivity index (χ3v) is 9.02. The molecule has 0 radical (unpaired) electrons. The van der Waals surface area contributed by atoms with Crippen LogP contribution in [0.1, 0.15) is 50.5 Å². The molecule has 1 aromatic rings. The molecule has 1 N–H and O–H groups in total. The van der Waals surface area contributed by atoms with Gasteiger partial charge >= 0.3 is 0 Å². The lowest BCUT2D eigenvalue weighted by molar-refractivity contribution is -0.125. The number of thioether (sulfide) groups is 1. The quantitative estimate of drug-likeness (QED) is 0.626. The Hall–Kier alpha value is -1.12. The maximum absolute atomic E-state index is 13.0. The summed E-state index contributed by atoms with van der Waals surface area (Å²) in [6, 6.07) is 5.54. The van der Waals surface area contributed by atoms with Gasteiger partial charge in [0.15, 0.2) is 0 Å². The van der Waals surface area contributed by atoms with Gasteiger partial charge in [-0.25, -0.2) is 17.1 Å². The van der Waals surface area contributed by atoms with Crippen LogP contribution >= 0.6 is 11.8 Å². The van der Waals surface area contributed by atoms with E-state index < -0.39 is 10.0 Å². The number of sulfonamides is 1. The minimum Gasteiger partial charge on any atom is -0.355 e. The topological polar surface area (TPSA) is 66.5 Å². The van der Waals surface area contributed by atoms with Crippen molar-refractivity contribution in [1.29, 1.82) is 0 Å². The number of carbonyl (C=O) groups excluding carboxylic acids is 1. The van der Waals surface area contributed by atoms with Crippen molar-refractivity contribution in [2.24, 2.45) is 5.92 Å². The van der Waals surface area contributed by atoms with Crippen LogP contribution in [0.5, 0.6) is 0 Å². The Bertz CT molecular complexity index is 757. The summed E-state index contributed by atoms with van der Waals surface area (Å²) in [4.78, 5) is 12.4. The summed E-state index contributed by atoms with van der Waals surface area (Å²) in [6.45, 7) is 1.40. The summed E-state index contributed by atoms with van der Waals surface area (Å²) >= 11 is 1.97. The van der Waals surface area contributed by atoms with Crippen LogP contribution in [0.4, 0.5) is 4.39 Å². The molecule has 2 aliphatic rings. The predicted molar refractivity (Wildman–Crippen MR) is 116 cm³/mol. The molecule has 0 spiro atoms. The van der Waals surface area contributed by atoms with Gasteiger partial charge in [0.2, 0.25) is 15.9 Å². The fraction of sp³-hybridized carbons (Fsp3) is 0.667. The van der Waals surface area contributed by atoms with Crippen molar-refractivity contribution in [3.63, 3.8) is 0 Å². The molecule has 0 aromatic heterocycles. The van der Waals surface area contributed by atoms with E-state index in [4.69, 9.17) is 0 Å². The molecule has 1 aromatic carbocycles. The molecular weight excluding hydrogens is 411 g/mol. The number of hydrogen-bond acceptors (Lipinski definition) is 4. The Kier molecular flexibility index (Phi) is 8.38. The second kappa shape index (κ2) is 10.8. The average molecular weight is 443 g/mol. The number of halogens is 1. The standard InChI is InChI=1S/C21H31FN2O3S2/c22-19-8-6-17(7-9-19)16-29(26,27)24-13-10-18(11-14-24)21(25)23-12-15-28-20-4-2-1-3-5-20/h6-9,18,20H,1-5,10-16H2,(H,23,25). The number of carbonyl (C=O) groups is 1. The van der Waals surface area contributed by atoms with E-state index in [1.165, 1.54) is 60.7 Å². The lowest BCUT2D eigenvalue weighted by Gasteiger charge is -2.30. The molecule has 0 bridgehead atoms. The van der Waals surface area contributed by atoms with Gasteiger partial charge in [0.05, 0.1) is 5.75 Å². The van der Waals surface area contributed by atoms with Gasteiger partial charge in [-0.15, -0.1) is 0 Å². The van der Waals surface area contributed by atoms with Crippen molar-refractivity contribution in [3.8, 4) is 0 Å². The van der Waals surface area contributed by atoms with E-state index in [0.29, 0.717) is 38.0 Å². The zero-order valence-electron chi connectivity index (χ0n) is 16.8. The number of amides is 1. The highest BCUT2D eigenvalue weighted by atomic mass is 32.2. The summed E-state index contributed by atoms with van der Waals surface area (Å²) in [5.74, 6) is 0.357. The third-order valence-electron chi connectivity index (χ3n) is 5.79. The average Bonchev–Trinajstić information content (AvgIpc) is 2.73. The van der Waals surface area contributed by atoms with Gasteiger partial charge in [-0.1, -0.05) is 31.4 Å². The second-order valence-electron chi connectivity index (χ2n) is 7.98. The van der Waals surface area contributed by atoms with Crippen LogP contribution in [-0.2, 0) is 20.6 Å². The number of hydrogen-bond donors (Lipinski definition) is 1. The molecule has 0 atom stereocenters. The van der Waals surface area contributed by atoms with E-state index in [1.54, 1.807) is 0 Å². The maximum atomic E-state index is 13.0. The number of benzene rings is 1. The number of rotatable bonds is 8. The van der Waals surface area contributed by atoms with E-state index in [1.807, 2.05) is 11.8 Å². The highest BCUT2D eigenvalue weighted by Gasteiger charge is 2.31. The van der Waals surface area contributed by atoms with E-state index in [-0.39, 0.29) is 23.4 Å². The SMILES string of the molecule is O=C(NCCSC1CCCCC1)C1CCN(S(=O)(=O)Cc2ccc(F)cc2)CC1. The van der Waals surface area contributed by atoms with Crippen molar-refractivity contribution < 1.29 is 17.6 Å².